The Labute approximate surface area is 199 Å². The van der Waals surface area contributed by atoms with Gasteiger partial charge in [0.05, 0.1) is 13.1 Å². The van der Waals surface area contributed by atoms with Gasteiger partial charge in [0.1, 0.15) is 12.2 Å². The molecule has 0 aromatic carbocycles. The monoisotopic (exact) mass is 455 g/mol. The second-order valence-electron chi connectivity index (χ2n) is 9.38. The molecule has 0 aliphatic carbocycles. The second-order valence-corrected chi connectivity index (χ2v) is 9.38. The van der Waals surface area contributed by atoms with Gasteiger partial charge < -0.3 is 9.47 Å². The van der Waals surface area contributed by atoms with Crippen LogP contribution in [-0.2, 0) is 19.1 Å². The summed E-state index contributed by atoms with van der Waals surface area (Å²) in [6.45, 7) is 9.00. The van der Waals surface area contributed by atoms with Gasteiger partial charge in [-0.05, 0) is 58.4 Å². The maximum absolute atomic E-state index is 12.5. The Morgan fingerprint density at radius 3 is 1.09 bits per heavy atom. The van der Waals surface area contributed by atoms with Gasteiger partial charge in [-0.15, -0.1) is 0 Å². The first-order chi connectivity index (χ1) is 15.5. The van der Waals surface area contributed by atoms with Crippen LogP contribution in [-0.4, -0.2) is 49.2 Å². The average Bonchev–Trinajstić information content (AvgIpc) is 2.73. The summed E-state index contributed by atoms with van der Waals surface area (Å²) < 4.78 is 11.6. The minimum absolute atomic E-state index is 0.00228. The van der Waals surface area contributed by atoms with Crippen LogP contribution in [0.4, 0.5) is 0 Å². The molecule has 32 heavy (non-hydrogen) atoms. The normalized spacial score (nSPS) is 11.5. The molecular formula is C27H53NO4. The number of carbonyl (C=O) groups is 2. The molecular weight excluding hydrogens is 402 g/mol. The minimum Gasteiger partial charge on any atom is -0.461 e. The van der Waals surface area contributed by atoms with Crippen LogP contribution in [0.25, 0.3) is 0 Å². The number of hydrogen-bond acceptors (Lipinski definition) is 5. The van der Waals surface area contributed by atoms with Gasteiger partial charge >= 0.3 is 11.9 Å². The highest BCUT2D eigenvalue weighted by atomic mass is 16.5. The summed E-state index contributed by atoms with van der Waals surface area (Å²) in [5, 5.41) is 0. The number of esters is 2. The molecule has 0 unspecified atom stereocenters. The van der Waals surface area contributed by atoms with E-state index in [0.29, 0.717) is 0 Å². The van der Waals surface area contributed by atoms with Crippen molar-refractivity contribution in [3.8, 4) is 0 Å². The van der Waals surface area contributed by atoms with Crippen molar-refractivity contribution < 1.29 is 19.1 Å². The van der Waals surface area contributed by atoms with Gasteiger partial charge in [-0.1, -0.05) is 79.1 Å². The van der Waals surface area contributed by atoms with Crippen molar-refractivity contribution in [2.75, 3.05) is 20.1 Å². The molecule has 0 N–H and O–H groups in total. The topological polar surface area (TPSA) is 55.8 Å². The predicted molar refractivity (Wildman–Crippen MR) is 134 cm³/mol. The molecule has 0 aromatic heterocycles. The molecule has 0 heterocycles. The molecule has 0 spiro atoms. The Morgan fingerprint density at radius 1 is 0.562 bits per heavy atom. The lowest BCUT2D eigenvalue weighted by molar-refractivity contribution is -0.154. The molecule has 0 atom stereocenters. The molecule has 0 fully saturated rings. The maximum atomic E-state index is 12.5. The molecule has 0 aromatic rings. The Balaban J connectivity index is 4.47. The standard InChI is InChI=1S/C27H53NO4/c1-6-10-14-18-24(19-15-11-7-2)31-26(29)22-28(5)23-27(30)32-25(20-16-12-8-3)21-17-13-9-4/h24-25H,6-23H2,1-5H3. The van der Waals surface area contributed by atoms with E-state index in [1.165, 1.54) is 51.4 Å². The van der Waals surface area contributed by atoms with Crippen LogP contribution in [0.2, 0.25) is 0 Å². The lowest BCUT2D eigenvalue weighted by atomic mass is 10.0. The van der Waals surface area contributed by atoms with E-state index in [0.717, 1.165) is 51.4 Å². The van der Waals surface area contributed by atoms with Gasteiger partial charge in [0.2, 0.25) is 0 Å². The zero-order valence-corrected chi connectivity index (χ0v) is 22.0. The first-order valence-electron chi connectivity index (χ1n) is 13.5. The lowest BCUT2D eigenvalue weighted by Gasteiger charge is -2.22. The number of nitrogens with zero attached hydrogens (tertiary/aromatic N) is 1. The number of hydrogen-bond donors (Lipinski definition) is 0. The van der Waals surface area contributed by atoms with Crippen molar-refractivity contribution in [3.63, 3.8) is 0 Å². The van der Waals surface area contributed by atoms with Crippen molar-refractivity contribution in [2.24, 2.45) is 0 Å². The molecule has 5 nitrogen and oxygen atoms in total. The van der Waals surface area contributed by atoms with E-state index >= 15 is 0 Å². The summed E-state index contributed by atoms with van der Waals surface area (Å²) >= 11 is 0. The summed E-state index contributed by atoms with van der Waals surface area (Å²) in [5.41, 5.74) is 0. The van der Waals surface area contributed by atoms with Crippen molar-refractivity contribution in [2.45, 2.75) is 143 Å². The van der Waals surface area contributed by atoms with E-state index < -0.39 is 0 Å². The highest BCUT2D eigenvalue weighted by molar-refractivity contribution is 5.75. The fourth-order valence-corrected chi connectivity index (χ4v) is 3.96. The van der Waals surface area contributed by atoms with Crippen molar-refractivity contribution >= 4 is 11.9 Å². The van der Waals surface area contributed by atoms with Crippen LogP contribution in [0.3, 0.4) is 0 Å². The third-order valence-corrected chi connectivity index (χ3v) is 5.91. The highest BCUT2D eigenvalue weighted by Gasteiger charge is 2.19. The van der Waals surface area contributed by atoms with Crippen LogP contribution in [0.1, 0.15) is 130 Å². The third-order valence-electron chi connectivity index (χ3n) is 5.91. The Bertz CT molecular complexity index is 395. The average molecular weight is 456 g/mol. The van der Waals surface area contributed by atoms with Gasteiger partial charge in [-0.3, -0.25) is 14.5 Å². The Hall–Kier alpha value is -1.10. The van der Waals surface area contributed by atoms with E-state index in [9.17, 15) is 9.59 Å². The smallest absolute Gasteiger partial charge is 0.320 e. The highest BCUT2D eigenvalue weighted by Crippen LogP contribution is 2.16. The van der Waals surface area contributed by atoms with Gasteiger partial charge in [0, 0.05) is 0 Å². The summed E-state index contributed by atoms with van der Waals surface area (Å²) in [4.78, 5) is 26.6. The number of likely N-dealkylation sites (N-methyl/N-ethyl adjacent to an activating group) is 1. The molecule has 0 bridgehead atoms. The number of ether oxygens (including phenoxy) is 2. The van der Waals surface area contributed by atoms with E-state index in [1.807, 2.05) is 0 Å². The first-order valence-corrected chi connectivity index (χ1v) is 13.5. The van der Waals surface area contributed by atoms with E-state index in [4.69, 9.17) is 9.47 Å². The summed E-state index contributed by atoms with van der Waals surface area (Å²) in [6.07, 6.45) is 17.5. The Kier molecular flexibility index (Phi) is 21.0. The predicted octanol–water partition coefficient (Wildman–Crippen LogP) is 7.06. The molecule has 0 saturated carbocycles. The zero-order valence-electron chi connectivity index (χ0n) is 22.0. The van der Waals surface area contributed by atoms with Gasteiger partial charge in [-0.25, -0.2) is 0 Å². The lowest BCUT2D eigenvalue weighted by Crippen LogP contribution is -2.35. The van der Waals surface area contributed by atoms with E-state index in [-0.39, 0.29) is 37.2 Å². The molecule has 190 valence electrons. The summed E-state index contributed by atoms with van der Waals surface area (Å²) in [5.74, 6) is -0.471. The molecule has 5 heteroatoms. The molecule has 0 rings (SSSR count). The van der Waals surface area contributed by atoms with Crippen molar-refractivity contribution in [1.29, 1.82) is 0 Å². The summed E-state index contributed by atoms with van der Waals surface area (Å²) in [7, 11) is 1.79. The van der Waals surface area contributed by atoms with Crippen LogP contribution < -0.4 is 0 Å². The zero-order chi connectivity index (χ0) is 24.0. The molecule has 0 saturated heterocycles. The van der Waals surface area contributed by atoms with Crippen LogP contribution in [0.15, 0.2) is 0 Å². The van der Waals surface area contributed by atoms with E-state index in [1.54, 1.807) is 11.9 Å². The fourth-order valence-electron chi connectivity index (χ4n) is 3.96. The quantitative estimate of drug-likeness (QED) is 0.129. The van der Waals surface area contributed by atoms with Crippen molar-refractivity contribution in [3.05, 3.63) is 0 Å². The first kappa shape index (κ1) is 30.9. The second kappa shape index (κ2) is 21.7. The van der Waals surface area contributed by atoms with Gasteiger partial charge in [-0.2, -0.15) is 0 Å². The van der Waals surface area contributed by atoms with Crippen LogP contribution in [0.5, 0.6) is 0 Å². The van der Waals surface area contributed by atoms with E-state index in [2.05, 4.69) is 27.7 Å². The minimum atomic E-state index is -0.235. The molecule has 0 aliphatic heterocycles. The molecule has 0 amide bonds. The number of unbranched alkanes of at least 4 members (excludes halogenated alkanes) is 8. The number of carbonyl (C=O) groups excluding carboxylic acids is 2. The van der Waals surface area contributed by atoms with Crippen molar-refractivity contribution in [1.82, 2.24) is 4.90 Å². The van der Waals surface area contributed by atoms with Gasteiger partial charge in [0.25, 0.3) is 0 Å². The Morgan fingerprint density at radius 2 is 0.844 bits per heavy atom. The maximum Gasteiger partial charge on any atom is 0.320 e. The molecule has 0 radical (unpaired) electrons. The van der Waals surface area contributed by atoms with Crippen LogP contribution >= 0.6 is 0 Å². The van der Waals surface area contributed by atoms with Gasteiger partial charge in [0.15, 0.2) is 0 Å². The summed E-state index contributed by atoms with van der Waals surface area (Å²) in [6, 6.07) is 0. The SMILES string of the molecule is CCCCCC(CCCCC)OC(=O)CN(C)CC(=O)OC(CCCCC)CCCCC. The fraction of sp³-hybridized carbons (Fsp3) is 0.926. The third kappa shape index (κ3) is 18.5. The molecule has 0 aliphatic rings. The van der Waals surface area contributed by atoms with Crippen LogP contribution in [0, 0.1) is 0 Å². The largest absolute Gasteiger partial charge is 0.461 e. The number of rotatable bonds is 22.